The van der Waals surface area contributed by atoms with Crippen molar-refractivity contribution in [3.05, 3.63) is 190 Å². The van der Waals surface area contributed by atoms with Gasteiger partial charge in [-0.15, -0.1) is 0 Å². The van der Waals surface area contributed by atoms with Crippen LogP contribution in [0.1, 0.15) is 60.0 Å². The maximum absolute atomic E-state index is 12.9. The third kappa shape index (κ3) is 17.4. The minimum atomic E-state index is -0.618. The van der Waals surface area contributed by atoms with Gasteiger partial charge in [-0.2, -0.15) is 0 Å². The molecule has 0 atom stereocenters. The second-order valence-electron chi connectivity index (χ2n) is 25.3. The fourth-order valence-electron chi connectivity index (χ4n) is 12.5. The highest BCUT2D eigenvalue weighted by atomic mass is 16.6. The minimum absolute atomic E-state index is 0.0220. The molecular weight excluding hydrogens is 1370 g/mol. The number of carbonyl (C=O) groups excluding carboxylic acids is 5. The molecule has 3 aliphatic heterocycles. The number of likely N-dealkylation sites (tertiary alicyclic amines) is 1. The third-order valence-corrected chi connectivity index (χ3v) is 18.0. The number of fused-ring (bicyclic) bond motifs is 3. The number of carbonyl (C=O) groups is 5. The van der Waals surface area contributed by atoms with E-state index in [4.69, 9.17) is 23.9 Å². The first-order valence-electron chi connectivity index (χ1n) is 35.2. The number of amides is 6. The first-order chi connectivity index (χ1) is 52.0. The number of hydrogen-bond acceptors (Lipinski definition) is 19. The molecule has 548 valence electrons. The maximum Gasteiger partial charge on any atom is 0.413 e. The molecule has 30 nitrogen and oxygen atoms in total. The summed E-state index contributed by atoms with van der Waals surface area (Å²) in [5.41, 5.74) is 15.0. The summed E-state index contributed by atoms with van der Waals surface area (Å²) in [5.74, 6) is 0.719. The molecule has 107 heavy (non-hydrogen) atoms. The van der Waals surface area contributed by atoms with Crippen LogP contribution in [0.15, 0.2) is 162 Å². The van der Waals surface area contributed by atoms with Crippen LogP contribution in [0.5, 0.6) is 0 Å². The maximum atomic E-state index is 12.9. The number of rotatable bonds is 16. The van der Waals surface area contributed by atoms with E-state index >= 15 is 0 Å². The first kappa shape index (κ1) is 72.5. The van der Waals surface area contributed by atoms with Crippen molar-refractivity contribution in [1.82, 2.24) is 79.0 Å². The highest BCUT2D eigenvalue weighted by molar-refractivity contribution is 6.02. The molecule has 0 aliphatic carbocycles. The third-order valence-electron chi connectivity index (χ3n) is 18.0. The van der Waals surface area contributed by atoms with Gasteiger partial charge in [-0.05, 0) is 152 Å². The Balaban J connectivity index is 0.000000142. The van der Waals surface area contributed by atoms with Crippen LogP contribution >= 0.6 is 0 Å². The summed E-state index contributed by atoms with van der Waals surface area (Å²) in [5, 5.41) is 10.6. The predicted octanol–water partition coefficient (Wildman–Crippen LogP) is 10.5. The van der Waals surface area contributed by atoms with E-state index in [1.54, 1.807) is 100 Å². The van der Waals surface area contributed by atoms with Gasteiger partial charge < -0.3 is 58.2 Å². The SMILES string of the molecule is CCNC(=O)Nc1nc2c(-c3ccc(C(=O)N4CCOCC4)cn3)cc(-c3ccn(C)c(=O)c3)cc2[nH]1.CCOC(=O)Nc1nc2c(-c3ccc(C(=O)N4CCCC4)cn3)cc(-c3ccn(C)c(=O)c3)cc2[nH]1.CCOC(=O)Nc1nc2c(-c3ccccn3)cc(-c3ccc(CN4CCOCC4)nc3)cc2[nH]1. The lowest BCUT2D eigenvalue weighted by atomic mass is 10.00. The van der Waals surface area contributed by atoms with Crippen molar-refractivity contribution in [2.75, 3.05) is 101 Å². The van der Waals surface area contributed by atoms with E-state index < -0.39 is 12.2 Å². The Morgan fingerprint density at radius 2 is 0.944 bits per heavy atom. The molecule has 0 radical (unpaired) electrons. The van der Waals surface area contributed by atoms with Crippen molar-refractivity contribution >= 4 is 81.0 Å². The standard InChI is InChI=1S/C26H27N7O4.C26H26N6O4.C25H26N6O3/c1-3-27-26(36)31-25-29-21-13-18(16-6-7-32(2)22(34)14-16)12-19(23(21)30-25)20-5-4-17(15-28-20)24(35)33-8-10-37-11-9-33;1-3-36-26(35)30-25-28-21-13-18(16-8-11-31(2)22(33)14-16)12-19(23(21)29-25)20-7-6-17(15-27-20)24(34)32-9-4-5-10-32;1-2-34-25(32)30-24-28-22-14-18(13-20(23(22)29-24)21-5-3-4-8-26-21)17-6-7-19(27-15-17)16-31-9-11-33-12-10-31/h4-7,12-15H,3,8-11H2,1-2H3,(H3,27,29,30,31,36);6-8,11-15H,3-5,9-10H2,1-2H3,(H2,28,29,30,35);3-8,13-15H,2,9-12,16H2,1H3,(H2,28,29,30,32). The van der Waals surface area contributed by atoms with E-state index in [1.165, 1.54) is 9.13 Å². The van der Waals surface area contributed by atoms with Crippen molar-refractivity contribution < 1.29 is 42.9 Å². The fraction of sp³-hybridized carbons (Fsp3) is 0.273. The van der Waals surface area contributed by atoms with Crippen LogP contribution in [0.4, 0.5) is 32.2 Å². The van der Waals surface area contributed by atoms with E-state index in [0.29, 0.717) is 100 Å². The molecule has 0 unspecified atom stereocenters. The predicted molar refractivity (Wildman–Crippen MR) is 404 cm³/mol. The number of hydrogen-bond donors (Lipinski definition) is 7. The second kappa shape index (κ2) is 33.3. The lowest BCUT2D eigenvalue weighted by Gasteiger charge is -2.26. The largest absolute Gasteiger partial charge is 0.450 e. The van der Waals surface area contributed by atoms with Crippen molar-refractivity contribution in [3.8, 4) is 67.2 Å². The van der Waals surface area contributed by atoms with Gasteiger partial charge in [0.2, 0.25) is 17.8 Å². The van der Waals surface area contributed by atoms with Gasteiger partial charge in [0.25, 0.3) is 22.9 Å². The summed E-state index contributed by atoms with van der Waals surface area (Å²) in [6.07, 6.45) is 11.1. The molecule has 30 heteroatoms. The number of urea groups is 1. The molecule has 6 amide bonds. The number of morpholine rings is 2. The van der Waals surface area contributed by atoms with Gasteiger partial charge in [0.1, 0.15) is 0 Å². The average molecular weight is 1450 g/mol. The molecular formula is C77H79N19O11. The van der Waals surface area contributed by atoms with Crippen LogP contribution in [0.25, 0.3) is 100 Å². The number of aromatic nitrogens is 12. The number of aryl methyl sites for hydroxylation is 2. The molecule has 3 aromatic carbocycles. The number of aromatic amines is 3. The van der Waals surface area contributed by atoms with Gasteiger partial charge in [0, 0.05) is 138 Å². The topological polar surface area (TPSA) is 362 Å². The van der Waals surface area contributed by atoms with Crippen molar-refractivity contribution in [3.63, 3.8) is 0 Å². The number of nitrogens with zero attached hydrogens (tertiary/aromatic N) is 12. The number of benzene rings is 3. The molecule has 3 aliphatic rings. The fourth-order valence-corrected chi connectivity index (χ4v) is 12.5. The Morgan fingerprint density at radius 3 is 1.37 bits per heavy atom. The van der Waals surface area contributed by atoms with Gasteiger partial charge in [-0.25, -0.2) is 29.3 Å². The van der Waals surface area contributed by atoms with Crippen molar-refractivity contribution in [1.29, 1.82) is 0 Å². The molecule has 0 spiro atoms. The Hall–Kier alpha value is -12.8. The second-order valence-corrected chi connectivity index (χ2v) is 25.3. The van der Waals surface area contributed by atoms with E-state index in [9.17, 15) is 33.6 Å². The Labute approximate surface area is 613 Å². The Morgan fingerprint density at radius 1 is 0.477 bits per heavy atom. The molecule has 0 bridgehead atoms. The monoisotopic (exact) mass is 1450 g/mol. The number of imidazole rings is 3. The smallest absolute Gasteiger partial charge is 0.413 e. The van der Waals surface area contributed by atoms with E-state index in [-0.39, 0.29) is 54.1 Å². The molecule has 3 saturated heterocycles. The van der Waals surface area contributed by atoms with Crippen LogP contribution in [-0.2, 0) is 39.6 Å². The number of anilines is 3. The number of H-pyrrole nitrogens is 3. The quantitative estimate of drug-likeness (QED) is 0.0472. The molecule has 12 aromatic rings. The number of nitrogens with one attached hydrogen (secondary N) is 7. The van der Waals surface area contributed by atoms with Crippen molar-refractivity contribution in [2.45, 2.75) is 40.2 Å². The summed E-state index contributed by atoms with van der Waals surface area (Å²) in [4.78, 5) is 133. The first-order valence-corrected chi connectivity index (χ1v) is 35.2. The van der Waals surface area contributed by atoms with Gasteiger partial charge in [-0.3, -0.25) is 60.0 Å². The zero-order valence-corrected chi connectivity index (χ0v) is 59.6. The van der Waals surface area contributed by atoms with E-state index in [2.05, 4.69) is 89.2 Å². The summed E-state index contributed by atoms with van der Waals surface area (Å²) >= 11 is 0. The lowest BCUT2D eigenvalue weighted by Crippen LogP contribution is -2.40. The molecule has 12 heterocycles. The van der Waals surface area contributed by atoms with Gasteiger partial charge in [0.05, 0.1) is 107 Å². The van der Waals surface area contributed by atoms with Gasteiger partial charge >= 0.3 is 18.2 Å². The van der Waals surface area contributed by atoms with Crippen LogP contribution in [0.3, 0.4) is 0 Å². The summed E-state index contributed by atoms with van der Waals surface area (Å²) in [7, 11) is 3.39. The van der Waals surface area contributed by atoms with Crippen LogP contribution in [-0.4, -0.2) is 189 Å². The van der Waals surface area contributed by atoms with E-state index in [0.717, 1.165) is 115 Å². The number of pyridine rings is 6. The van der Waals surface area contributed by atoms with Gasteiger partial charge in [-0.1, -0.05) is 12.1 Å². The van der Waals surface area contributed by atoms with Crippen LogP contribution < -0.4 is 32.4 Å². The molecule has 0 saturated carbocycles. The summed E-state index contributed by atoms with van der Waals surface area (Å²) in [6.45, 7) is 14.2. The lowest BCUT2D eigenvalue weighted by molar-refractivity contribution is 0.0302. The zero-order valence-electron chi connectivity index (χ0n) is 59.6. The average Bonchev–Trinajstić information content (AvgIpc) is 1.66. The summed E-state index contributed by atoms with van der Waals surface area (Å²) in [6, 6.07) is 35.0. The summed E-state index contributed by atoms with van der Waals surface area (Å²) < 4.78 is 23.7. The Bertz CT molecular complexity index is 5330. The highest BCUT2D eigenvalue weighted by Crippen LogP contribution is 2.37. The normalized spacial score (nSPS) is 13.7. The van der Waals surface area contributed by atoms with Crippen LogP contribution in [0.2, 0.25) is 0 Å². The van der Waals surface area contributed by atoms with Crippen LogP contribution in [0, 0.1) is 0 Å². The molecule has 3 fully saturated rings. The van der Waals surface area contributed by atoms with Crippen molar-refractivity contribution in [2.24, 2.45) is 14.1 Å². The number of ether oxygens (including phenoxy) is 4. The minimum Gasteiger partial charge on any atom is -0.450 e. The van der Waals surface area contributed by atoms with Gasteiger partial charge in [0.15, 0.2) is 0 Å². The zero-order chi connectivity index (χ0) is 74.5. The van der Waals surface area contributed by atoms with E-state index in [1.807, 2.05) is 78.7 Å². The Kier molecular flexibility index (Phi) is 22.6. The molecule has 7 N–H and O–H groups in total. The highest BCUT2D eigenvalue weighted by Gasteiger charge is 2.25. The molecule has 15 rings (SSSR count). The molecule has 9 aromatic heterocycles.